The van der Waals surface area contributed by atoms with E-state index in [0.717, 1.165) is 0 Å². The molecule has 0 N–H and O–H groups in total. The quantitative estimate of drug-likeness (QED) is 0.500. The molecule has 1 aliphatic rings. The van der Waals surface area contributed by atoms with E-state index in [-0.39, 0.29) is 12.1 Å². The average molecular weight is 200 g/mol. The van der Waals surface area contributed by atoms with Gasteiger partial charge in [0.25, 0.3) is 0 Å². The smallest absolute Gasteiger partial charge is 0.333 e. The third kappa shape index (κ3) is 3.47. The van der Waals surface area contributed by atoms with Crippen LogP contribution in [-0.4, -0.2) is 38.5 Å². The predicted molar refractivity (Wildman–Crippen MR) is 50.9 cm³/mol. The molecule has 4 heteroatoms. The molecular weight excluding hydrogens is 184 g/mol. The summed E-state index contributed by atoms with van der Waals surface area (Å²) in [5, 5.41) is 0. The number of carbonyl (C=O) groups is 1. The average Bonchev–Trinajstić information content (AvgIpc) is 2.19. The second-order valence-electron chi connectivity index (χ2n) is 3.10. The third-order valence-electron chi connectivity index (χ3n) is 1.92. The fourth-order valence-electron chi connectivity index (χ4n) is 1.25. The first-order valence-corrected chi connectivity index (χ1v) is 4.78. The first-order valence-electron chi connectivity index (χ1n) is 4.78. The number of esters is 1. The molecule has 0 aliphatic carbocycles. The van der Waals surface area contributed by atoms with E-state index in [0.29, 0.717) is 38.4 Å². The molecule has 1 unspecified atom stereocenters. The van der Waals surface area contributed by atoms with Crippen LogP contribution in [0.2, 0.25) is 0 Å². The van der Waals surface area contributed by atoms with Crippen molar-refractivity contribution in [3.63, 3.8) is 0 Å². The summed E-state index contributed by atoms with van der Waals surface area (Å²) in [6.07, 6.45) is 0.430. The zero-order chi connectivity index (χ0) is 10.4. The lowest BCUT2D eigenvalue weighted by Gasteiger charge is -2.23. The lowest BCUT2D eigenvalue weighted by atomic mass is 10.1. The highest BCUT2D eigenvalue weighted by Crippen LogP contribution is 2.11. The summed E-state index contributed by atoms with van der Waals surface area (Å²) in [5.74, 6) is -0.346. The maximum atomic E-state index is 11.2. The van der Waals surface area contributed by atoms with E-state index in [9.17, 15) is 4.79 Å². The van der Waals surface area contributed by atoms with Gasteiger partial charge in [-0.2, -0.15) is 0 Å². The van der Waals surface area contributed by atoms with Crippen LogP contribution in [-0.2, 0) is 19.0 Å². The molecule has 0 saturated carbocycles. The zero-order valence-corrected chi connectivity index (χ0v) is 8.45. The van der Waals surface area contributed by atoms with Gasteiger partial charge in [-0.25, -0.2) is 4.79 Å². The van der Waals surface area contributed by atoms with Crippen molar-refractivity contribution in [2.75, 3.05) is 26.4 Å². The van der Waals surface area contributed by atoms with Crippen molar-refractivity contribution >= 4 is 5.97 Å². The summed E-state index contributed by atoms with van der Waals surface area (Å²) in [6.45, 7) is 7.54. The highest BCUT2D eigenvalue weighted by atomic mass is 16.6. The molecule has 4 nitrogen and oxygen atoms in total. The molecule has 0 aromatic heterocycles. The molecule has 0 radical (unpaired) electrons. The maximum absolute atomic E-state index is 11.2. The summed E-state index contributed by atoms with van der Waals surface area (Å²) in [6, 6.07) is 0. The van der Waals surface area contributed by atoms with E-state index in [1.807, 2.05) is 0 Å². The van der Waals surface area contributed by atoms with Crippen molar-refractivity contribution in [1.82, 2.24) is 0 Å². The van der Waals surface area contributed by atoms with Gasteiger partial charge in [-0.15, -0.1) is 0 Å². The van der Waals surface area contributed by atoms with Gasteiger partial charge in [-0.3, -0.25) is 0 Å². The Kier molecular flexibility index (Phi) is 4.62. The largest absolute Gasteiger partial charge is 0.463 e. The van der Waals surface area contributed by atoms with E-state index in [1.165, 1.54) is 0 Å². The van der Waals surface area contributed by atoms with Crippen LogP contribution in [0, 0.1) is 0 Å². The molecular formula is C10H16O4. The monoisotopic (exact) mass is 200 g/mol. The predicted octanol–water partition coefficient (Wildman–Crippen LogP) is 0.911. The van der Waals surface area contributed by atoms with Gasteiger partial charge in [0.1, 0.15) is 0 Å². The lowest BCUT2D eigenvalue weighted by molar-refractivity contribution is -0.139. The molecule has 1 heterocycles. The van der Waals surface area contributed by atoms with Crippen LogP contribution in [0.4, 0.5) is 0 Å². The molecule has 1 aliphatic heterocycles. The highest BCUT2D eigenvalue weighted by Gasteiger charge is 2.18. The Labute approximate surface area is 83.8 Å². The van der Waals surface area contributed by atoms with Gasteiger partial charge < -0.3 is 14.2 Å². The van der Waals surface area contributed by atoms with E-state index < -0.39 is 0 Å². The molecule has 0 aromatic rings. The van der Waals surface area contributed by atoms with Gasteiger partial charge in [0.15, 0.2) is 0 Å². The van der Waals surface area contributed by atoms with Crippen LogP contribution in [0.25, 0.3) is 0 Å². The van der Waals surface area contributed by atoms with Gasteiger partial charge in [0, 0.05) is 12.0 Å². The third-order valence-corrected chi connectivity index (χ3v) is 1.92. The molecule has 0 amide bonds. The number of rotatable bonds is 4. The van der Waals surface area contributed by atoms with Crippen molar-refractivity contribution in [3.8, 4) is 0 Å². The van der Waals surface area contributed by atoms with Crippen LogP contribution in [0.15, 0.2) is 12.2 Å². The minimum atomic E-state index is -0.346. The van der Waals surface area contributed by atoms with Crippen LogP contribution < -0.4 is 0 Å². The van der Waals surface area contributed by atoms with E-state index in [1.54, 1.807) is 6.92 Å². The number of carbonyl (C=O) groups excluding carboxylic acids is 1. The van der Waals surface area contributed by atoms with Crippen molar-refractivity contribution in [3.05, 3.63) is 12.2 Å². The van der Waals surface area contributed by atoms with Gasteiger partial charge in [0.05, 0.1) is 32.5 Å². The number of hydrogen-bond donors (Lipinski definition) is 0. The topological polar surface area (TPSA) is 44.8 Å². The van der Waals surface area contributed by atoms with Crippen LogP contribution in [0.3, 0.4) is 0 Å². The molecule has 0 spiro atoms. The SMILES string of the molecule is C=C(CC1COCCO1)C(=O)OCC. The Morgan fingerprint density at radius 1 is 1.57 bits per heavy atom. The molecule has 0 aromatic carbocycles. The van der Waals surface area contributed by atoms with E-state index >= 15 is 0 Å². The normalized spacial score (nSPS) is 21.6. The Morgan fingerprint density at radius 2 is 2.36 bits per heavy atom. The van der Waals surface area contributed by atoms with Gasteiger partial charge in [0.2, 0.25) is 0 Å². The second-order valence-corrected chi connectivity index (χ2v) is 3.10. The van der Waals surface area contributed by atoms with Crippen molar-refractivity contribution in [1.29, 1.82) is 0 Å². The summed E-state index contributed by atoms with van der Waals surface area (Å²) in [4.78, 5) is 11.2. The van der Waals surface area contributed by atoms with Gasteiger partial charge >= 0.3 is 5.97 Å². The summed E-state index contributed by atoms with van der Waals surface area (Å²) < 4.78 is 15.4. The molecule has 1 rings (SSSR count). The van der Waals surface area contributed by atoms with Gasteiger partial charge in [-0.1, -0.05) is 6.58 Å². The second kappa shape index (κ2) is 5.78. The molecule has 1 atom stereocenters. The molecule has 80 valence electrons. The molecule has 14 heavy (non-hydrogen) atoms. The Morgan fingerprint density at radius 3 is 2.93 bits per heavy atom. The van der Waals surface area contributed by atoms with Crippen LogP contribution >= 0.6 is 0 Å². The van der Waals surface area contributed by atoms with E-state index in [2.05, 4.69) is 6.58 Å². The molecule has 1 fully saturated rings. The Hall–Kier alpha value is -0.870. The maximum Gasteiger partial charge on any atom is 0.333 e. The molecule has 1 saturated heterocycles. The van der Waals surface area contributed by atoms with Gasteiger partial charge in [-0.05, 0) is 6.92 Å². The number of hydrogen-bond acceptors (Lipinski definition) is 4. The minimum absolute atomic E-state index is 0.0549. The van der Waals surface area contributed by atoms with Crippen molar-refractivity contribution in [2.45, 2.75) is 19.4 Å². The Bertz CT molecular complexity index is 206. The van der Waals surface area contributed by atoms with Crippen LogP contribution in [0.1, 0.15) is 13.3 Å². The summed E-state index contributed by atoms with van der Waals surface area (Å²) in [5.41, 5.74) is 0.447. The first-order chi connectivity index (χ1) is 6.74. The zero-order valence-electron chi connectivity index (χ0n) is 8.45. The summed E-state index contributed by atoms with van der Waals surface area (Å²) >= 11 is 0. The highest BCUT2D eigenvalue weighted by molar-refractivity contribution is 5.87. The summed E-state index contributed by atoms with van der Waals surface area (Å²) in [7, 11) is 0. The molecule has 0 bridgehead atoms. The van der Waals surface area contributed by atoms with Crippen molar-refractivity contribution < 1.29 is 19.0 Å². The first kappa shape index (κ1) is 11.2. The standard InChI is InChI=1S/C10H16O4/c1-3-13-10(11)8(2)6-9-7-12-4-5-14-9/h9H,2-7H2,1H3. The fraction of sp³-hybridized carbons (Fsp3) is 0.700. The van der Waals surface area contributed by atoms with E-state index in [4.69, 9.17) is 14.2 Å². The number of ether oxygens (including phenoxy) is 3. The minimum Gasteiger partial charge on any atom is -0.463 e. The fourth-order valence-corrected chi connectivity index (χ4v) is 1.25. The Balaban J connectivity index is 2.28. The van der Waals surface area contributed by atoms with Crippen LogP contribution in [0.5, 0.6) is 0 Å². The lowest BCUT2D eigenvalue weighted by Crippen LogP contribution is -2.29. The van der Waals surface area contributed by atoms with Crippen molar-refractivity contribution in [2.24, 2.45) is 0 Å².